The lowest BCUT2D eigenvalue weighted by Crippen LogP contribution is -2.20. The van der Waals surface area contributed by atoms with Crippen LogP contribution < -0.4 is 5.56 Å². The summed E-state index contributed by atoms with van der Waals surface area (Å²) >= 11 is 0. The Bertz CT molecular complexity index is 1450. The molecule has 0 unspecified atom stereocenters. The Morgan fingerprint density at radius 3 is 2.48 bits per heavy atom. The molecule has 5 rings (SSSR count). The van der Waals surface area contributed by atoms with Crippen LogP contribution in [-0.2, 0) is 0 Å². The second-order valence-electron chi connectivity index (χ2n) is 6.61. The summed E-state index contributed by atoms with van der Waals surface area (Å²) in [4.78, 5) is 12.9. The van der Waals surface area contributed by atoms with E-state index in [0.717, 1.165) is 5.56 Å². The highest BCUT2D eigenvalue weighted by Gasteiger charge is 2.17. The zero-order valence-electron chi connectivity index (χ0n) is 15.2. The minimum atomic E-state index is -0.442. The molecule has 0 N–H and O–H groups in total. The van der Waals surface area contributed by atoms with E-state index < -0.39 is 11.4 Å². The maximum absolute atomic E-state index is 13.6. The molecule has 5 aromatic rings. The van der Waals surface area contributed by atoms with Gasteiger partial charge < -0.3 is 0 Å². The van der Waals surface area contributed by atoms with Crippen molar-refractivity contribution in [1.29, 1.82) is 0 Å². The van der Waals surface area contributed by atoms with Crippen molar-refractivity contribution in [1.82, 2.24) is 24.4 Å². The van der Waals surface area contributed by atoms with Gasteiger partial charge in [-0.2, -0.15) is 5.10 Å². The summed E-state index contributed by atoms with van der Waals surface area (Å²) in [5, 5.41) is 12.8. The normalized spacial score (nSPS) is 11.4. The molecule has 0 bridgehead atoms. The van der Waals surface area contributed by atoms with Crippen LogP contribution in [0.25, 0.3) is 33.5 Å². The minimum Gasteiger partial charge on any atom is -0.282 e. The van der Waals surface area contributed by atoms with Gasteiger partial charge in [0.2, 0.25) is 0 Å². The molecular weight excluding hydrogens is 376 g/mol. The minimum absolute atomic E-state index is 0.109. The predicted molar refractivity (Wildman–Crippen MR) is 104 cm³/mol. The smallest absolute Gasteiger partial charge is 0.282 e. The van der Waals surface area contributed by atoms with Gasteiger partial charge in [0.1, 0.15) is 17.2 Å². The number of nitrogens with zero attached hydrogens (tertiary/aromatic N) is 5. The molecule has 0 amide bonds. The maximum atomic E-state index is 13.6. The van der Waals surface area contributed by atoms with Crippen LogP contribution in [0.2, 0.25) is 0 Å². The first kappa shape index (κ1) is 17.2. The number of aromatic nitrogens is 5. The first-order chi connectivity index (χ1) is 14.0. The standard InChI is InChI=1S/C21H13F2N5O/c1-12-18(13-5-7-14(22)8-6-13)20-25-24-19-17(28(20)26-12)9-10-27(21(19)29)16-4-2-3-15(23)11-16/h2-11H,1H3. The summed E-state index contributed by atoms with van der Waals surface area (Å²) < 4.78 is 29.7. The van der Waals surface area contributed by atoms with Crippen molar-refractivity contribution in [2.75, 3.05) is 0 Å². The van der Waals surface area contributed by atoms with Crippen LogP contribution in [0.5, 0.6) is 0 Å². The molecule has 3 aromatic heterocycles. The molecule has 0 aliphatic carbocycles. The average molecular weight is 389 g/mol. The monoisotopic (exact) mass is 389 g/mol. The van der Waals surface area contributed by atoms with E-state index in [1.165, 1.54) is 34.9 Å². The molecule has 2 aromatic carbocycles. The lowest BCUT2D eigenvalue weighted by Gasteiger charge is -2.07. The highest BCUT2D eigenvalue weighted by molar-refractivity contribution is 5.84. The van der Waals surface area contributed by atoms with Gasteiger partial charge in [0, 0.05) is 6.20 Å². The molecular formula is C21H13F2N5O. The number of rotatable bonds is 2. The molecule has 0 radical (unpaired) electrons. The van der Waals surface area contributed by atoms with Crippen LogP contribution in [0.3, 0.4) is 0 Å². The molecule has 8 heteroatoms. The lowest BCUT2D eigenvalue weighted by atomic mass is 10.1. The highest BCUT2D eigenvalue weighted by Crippen LogP contribution is 2.28. The number of halogens is 2. The summed E-state index contributed by atoms with van der Waals surface area (Å²) in [5.74, 6) is -0.778. The van der Waals surface area contributed by atoms with Gasteiger partial charge in [0.25, 0.3) is 5.56 Å². The van der Waals surface area contributed by atoms with E-state index in [1.54, 1.807) is 35.0 Å². The highest BCUT2D eigenvalue weighted by atomic mass is 19.1. The molecule has 6 nitrogen and oxygen atoms in total. The fraction of sp³-hybridized carbons (Fsp3) is 0.0476. The third-order valence-electron chi connectivity index (χ3n) is 4.77. The summed E-state index contributed by atoms with van der Waals surface area (Å²) in [6.45, 7) is 1.81. The van der Waals surface area contributed by atoms with Crippen LogP contribution in [0.4, 0.5) is 8.78 Å². The number of fused-ring (bicyclic) bond motifs is 3. The van der Waals surface area contributed by atoms with Crippen molar-refractivity contribution < 1.29 is 8.78 Å². The number of aryl methyl sites for hydroxylation is 1. The Morgan fingerprint density at radius 2 is 1.72 bits per heavy atom. The quantitative estimate of drug-likeness (QED) is 0.462. The Kier molecular flexibility index (Phi) is 3.73. The van der Waals surface area contributed by atoms with Crippen molar-refractivity contribution in [3.05, 3.63) is 88.5 Å². The summed E-state index contributed by atoms with van der Waals surface area (Å²) in [6, 6.07) is 13.4. The summed E-state index contributed by atoms with van der Waals surface area (Å²) in [6.07, 6.45) is 1.55. The van der Waals surface area contributed by atoms with E-state index >= 15 is 0 Å². The van der Waals surface area contributed by atoms with Crippen molar-refractivity contribution in [3.8, 4) is 16.8 Å². The molecule has 142 valence electrons. The Morgan fingerprint density at radius 1 is 0.931 bits per heavy atom. The van der Waals surface area contributed by atoms with E-state index in [-0.39, 0.29) is 11.3 Å². The van der Waals surface area contributed by atoms with Gasteiger partial charge in [-0.15, -0.1) is 10.2 Å². The third kappa shape index (κ3) is 2.68. The molecule has 0 atom stereocenters. The fourth-order valence-electron chi connectivity index (χ4n) is 3.44. The number of hydrogen-bond donors (Lipinski definition) is 0. The molecule has 0 aliphatic rings. The fourth-order valence-corrected chi connectivity index (χ4v) is 3.44. The van der Waals surface area contributed by atoms with Gasteiger partial charge in [-0.05, 0) is 48.9 Å². The topological polar surface area (TPSA) is 65.1 Å². The molecule has 3 heterocycles. The average Bonchev–Trinajstić information content (AvgIpc) is 3.05. The first-order valence-electron chi connectivity index (χ1n) is 8.82. The van der Waals surface area contributed by atoms with E-state index in [4.69, 9.17) is 0 Å². The predicted octanol–water partition coefficient (Wildman–Crippen LogP) is 3.68. The Labute approximate surface area is 162 Å². The van der Waals surface area contributed by atoms with Crippen molar-refractivity contribution in [2.24, 2.45) is 0 Å². The van der Waals surface area contributed by atoms with Gasteiger partial charge in [0.05, 0.1) is 16.9 Å². The van der Waals surface area contributed by atoms with Gasteiger partial charge in [0.15, 0.2) is 11.2 Å². The van der Waals surface area contributed by atoms with E-state index in [0.29, 0.717) is 28.1 Å². The molecule has 0 fully saturated rings. The zero-order valence-corrected chi connectivity index (χ0v) is 15.2. The largest absolute Gasteiger partial charge is 0.285 e. The van der Waals surface area contributed by atoms with E-state index in [1.807, 2.05) is 6.92 Å². The number of benzene rings is 2. The SMILES string of the molecule is Cc1nn2c(nnc3c(=O)n(-c4cccc(F)c4)ccc32)c1-c1ccc(F)cc1. The lowest BCUT2D eigenvalue weighted by molar-refractivity contribution is 0.626. The van der Waals surface area contributed by atoms with Crippen LogP contribution in [-0.4, -0.2) is 24.4 Å². The van der Waals surface area contributed by atoms with E-state index in [9.17, 15) is 13.6 Å². The summed E-state index contributed by atoms with van der Waals surface area (Å²) in [7, 11) is 0. The van der Waals surface area contributed by atoms with Crippen LogP contribution >= 0.6 is 0 Å². The molecule has 0 aliphatic heterocycles. The van der Waals surface area contributed by atoms with Crippen molar-refractivity contribution in [3.63, 3.8) is 0 Å². The summed E-state index contributed by atoms with van der Waals surface area (Å²) in [5.41, 5.74) is 3.15. The van der Waals surface area contributed by atoms with Crippen LogP contribution in [0.1, 0.15) is 5.69 Å². The number of hydrogen-bond acceptors (Lipinski definition) is 4. The third-order valence-corrected chi connectivity index (χ3v) is 4.77. The first-order valence-corrected chi connectivity index (χ1v) is 8.82. The van der Waals surface area contributed by atoms with Gasteiger partial charge in [-0.25, -0.2) is 13.3 Å². The second kappa shape index (κ2) is 6.30. The zero-order chi connectivity index (χ0) is 20.1. The second-order valence-corrected chi connectivity index (χ2v) is 6.61. The Hall–Kier alpha value is -3.94. The van der Waals surface area contributed by atoms with Crippen molar-refractivity contribution >= 4 is 16.7 Å². The maximum Gasteiger partial charge on any atom is 0.285 e. The van der Waals surface area contributed by atoms with Gasteiger partial charge in [-0.1, -0.05) is 18.2 Å². The number of pyridine rings is 1. The molecule has 0 saturated heterocycles. The molecule has 29 heavy (non-hydrogen) atoms. The van der Waals surface area contributed by atoms with E-state index in [2.05, 4.69) is 15.3 Å². The van der Waals surface area contributed by atoms with Crippen LogP contribution in [0, 0.1) is 18.6 Å². The van der Waals surface area contributed by atoms with Crippen molar-refractivity contribution in [2.45, 2.75) is 6.92 Å². The molecule has 0 saturated carbocycles. The van der Waals surface area contributed by atoms with Crippen LogP contribution in [0.15, 0.2) is 65.6 Å². The van der Waals surface area contributed by atoms with Gasteiger partial charge >= 0.3 is 0 Å². The molecule has 0 spiro atoms. The van der Waals surface area contributed by atoms with Gasteiger partial charge in [-0.3, -0.25) is 9.36 Å². The Balaban J connectivity index is 1.76.